The zero-order valence-corrected chi connectivity index (χ0v) is 11.3. The van der Waals surface area contributed by atoms with Gasteiger partial charge in [-0.05, 0) is 53.3 Å². The van der Waals surface area contributed by atoms with Gasteiger partial charge in [-0.1, -0.05) is 0 Å². The number of benzene rings is 1. The second-order valence-corrected chi connectivity index (χ2v) is 4.97. The molecule has 0 fully saturated rings. The number of ether oxygens (including phenoxy) is 1. The highest BCUT2D eigenvalue weighted by atomic mass is 127. The molecule has 0 aromatic heterocycles. The summed E-state index contributed by atoms with van der Waals surface area (Å²) >= 11 is 5.81. The van der Waals surface area contributed by atoms with Gasteiger partial charge in [0.25, 0.3) is 0 Å². The standard InChI is InChI=1S/C10H9IO4S/c1-5(16)10(14)15-8-3-2-6(9(12)13)4-7(8)11/h2-5,16H,1H3,(H,12,13)/p-1. The summed E-state index contributed by atoms with van der Waals surface area (Å²) in [7, 11) is 0. The smallest absolute Gasteiger partial charge is 0.323 e. The number of hydrogen-bond acceptors (Lipinski definition) is 5. The van der Waals surface area contributed by atoms with Crippen molar-refractivity contribution in [3.05, 3.63) is 27.3 Å². The first kappa shape index (κ1) is 13.3. The predicted molar refractivity (Wildman–Crippen MR) is 67.6 cm³/mol. The van der Waals surface area contributed by atoms with Gasteiger partial charge in [0.15, 0.2) is 0 Å². The summed E-state index contributed by atoms with van der Waals surface area (Å²) in [6.45, 7) is 1.59. The van der Waals surface area contributed by atoms with Crippen molar-refractivity contribution in [2.45, 2.75) is 12.2 Å². The highest BCUT2D eigenvalue weighted by molar-refractivity contribution is 14.1. The molecular formula is C10H8IO4S-. The lowest BCUT2D eigenvalue weighted by atomic mass is 10.2. The maximum atomic E-state index is 11.3. The molecule has 0 heterocycles. The summed E-state index contributed by atoms with van der Waals surface area (Å²) < 4.78 is 5.53. The number of rotatable bonds is 3. The largest absolute Gasteiger partial charge is 0.545 e. The molecule has 0 N–H and O–H groups in total. The Hall–Kier alpha value is -0.760. The van der Waals surface area contributed by atoms with Crippen LogP contribution in [0, 0.1) is 3.57 Å². The van der Waals surface area contributed by atoms with E-state index in [1.165, 1.54) is 18.2 Å². The average molecular weight is 351 g/mol. The number of halogens is 1. The van der Waals surface area contributed by atoms with Crippen LogP contribution in [0.4, 0.5) is 0 Å². The fourth-order valence-corrected chi connectivity index (χ4v) is 1.58. The predicted octanol–water partition coefficient (Wildman–Crippen LogP) is 0.878. The minimum absolute atomic E-state index is 0.0446. The van der Waals surface area contributed by atoms with Crippen molar-refractivity contribution < 1.29 is 19.4 Å². The third-order valence-electron chi connectivity index (χ3n) is 1.72. The molecule has 1 aromatic rings. The molecule has 0 saturated heterocycles. The Morgan fingerprint density at radius 2 is 2.12 bits per heavy atom. The van der Waals surface area contributed by atoms with Crippen LogP contribution >= 0.6 is 35.2 Å². The monoisotopic (exact) mass is 351 g/mol. The SMILES string of the molecule is CC(S)C(=O)Oc1ccc(C(=O)[O-])cc1I. The first-order valence-electron chi connectivity index (χ1n) is 4.32. The Kier molecular flexibility index (Phi) is 4.60. The maximum Gasteiger partial charge on any atom is 0.323 e. The van der Waals surface area contributed by atoms with Gasteiger partial charge in [-0.2, -0.15) is 12.6 Å². The number of esters is 1. The van der Waals surface area contributed by atoms with Crippen LogP contribution in [0.2, 0.25) is 0 Å². The van der Waals surface area contributed by atoms with Crippen LogP contribution in [-0.2, 0) is 4.79 Å². The molecule has 0 aliphatic carbocycles. The molecule has 1 atom stereocenters. The second kappa shape index (κ2) is 5.53. The molecule has 0 saturated carbocycles. The molecular weight excluding hydrogens is 343 g/mol. The molecule has 1 aromatic carbocycles. The maximum absolute atomic E-state index is 11.3. The molecule has 1 rings (SSSR count). The minimum atomic E-state index is -1.27. The van der Waals surface area contributed by atoms with Gasteiger partial charge in [-0.15, -0.1) is 0 Å². The normalized spacial score (nSPS) is 11.9. The van der Waals surface area contributed by atoms with Crippen molar-refractivity contribution in [3.8, 4) is 5.75 Å². The first-order chi connectivity index (χ1) is 7.41. The van der Waals surface area contributed by atoms with E-state index in [0.717, 1.165) is 0 Å². The van der Waals surface area contributed by atoms with Crippen LogP contribution in [0.15, 0.2) is 18.2 Å². The summed E-state index contributed by atoms with van der Waals surface area (Å²) in [6, 6.07) is 4.12. The third-order valence-corrected chi connectivity index (χ3v) is 2.77. The number of carbonyl (C=O) groups is 2. The van der Waals surface area contributed by atoms with Crippen molar-refractivity contribution in [1.29, 1.82) is 0 Å². The van der Waals surface area contributed by atoms with Gasteiger partial charge in [0, 0.05) is 0 Å². The van der Waals surface area contributed by atoms with E-state index in [4.69, 9.17) is 4.74 Å². The second-order valence-electron chi connectivity index (χ2n) is 3.03. The Morgan fingerprint density at radius 1 is 1.50 bits per heavy atom. The Bertz CT molecular complexity index is 431. The molecule has 1 unspecified atom stereocenters. The van der Waals surface area contributed by atoms with Gasteiger partial charge in [0.05, 0.1) is 14.8 Å². The van der Waals surface area contributed by atoms with Gasteiger partial charge in [0.2, 0.25) is 0 Å². The van der Waals surface area contributed by atoms with Gasteiger partial charge in [-0.25, -0.2) is 0 Å². The van der Waals surface area contributed by atoms with Crippen molar-refractivity contribution >= 4 is 47.2 Å². The molecule has 0 aliphatic rings. The number of carbonyl (C=O) groups excluding carboxylic acids is 2. The van der Waals surface area contributed by atoms with Crippen molar-refractivity contribution in [3.63, 3.8) is 0 Å². The van der Waals surface area contributed by atoms with E-state index in [2.05, 4.69) is 12.6 Å². The van der Waals surface area contributed by atoms with E-state index in [1.807, 2.05) is 22.6 Å². The topological polar surface area (TPSA) is 66.4 Å². The van der Waals surface area contributed by atoms with Crippen LogP contribution in [0.25, 0.3) is 0 Å². The van der Waals surface area contributed by atoms with E-state index in [1.54, 1.807) is 6.92 Å². The average Bonchev–Trinajstić information content (AvgIpc) is 2.20. The summed E-state index contributed by atoms with van der Waals surface area (Å²) in [5, 5.41) is 10.0. The van der Waals surface area contributed by atoms with Gasteiger partial charge in [0.1, 0.15) is 5.75 Å². The molecule has 0 radical (unpaired) electrons. The van der Waals surface area contributed by atoms with Crippen molar-refractivity contribution in [1.82, 2.24) is 0 Å². The zero-order chi connectivity index (χ0) is 12.3. The number of carboxylic acids is 1. The van der Waals surface area contributed by atoms with E-state index in [-0.39, 0.29) is 5.56 Å². The van der Waals surface area contributed by atoms with Crippen LogP contribution < -0.4 is 9.84 Å². The number of carboxylic acid groups (broad SMARTS) is 1. The minimum Gasteiger partial charge on any atom is -0.545 e. The van der Waals surface area contributed by atoms with Gasteiger partial charge < -0.3 is 14.6 Å². The Morgan fingerprint density at radius 3 is 2.56 bits per heavy atom. The van der Waals surface area contributed by atoms with Crippen molar-refractivity contribution in [2.24, 2.45) is 0 Å². The van der Waals surface area contributed by atoms with E-state index < -0.39 is 17.2 Å². The lowest BCUT2D eigenvalue weighted by Gasteiger charge is -2.09. The van der Waals surface area contributed by atoms with Crippen LogP contribution in [-0.4, -0.2) is 17.2 Å². The Labute approximate surface area is 112 Å². The highest BCUT2D eigenvalue weighted by Gasteiger charge is 2.12. The van der Waals surface area contributed by atoms with Gasteiger partial charge in [-0.3, -0.25) is 4.79 Å². The summed E-state index contributed by atoms with van der Waals surface area (Å²) in [6.07, 6.45) is 0. The van der Waals surface area contributed by atoms with Gasteiger partial charge >= 0.3 is 5.97 Å². The molecule has 6 heteroatoms. The molecule has 0 bridgehead atoms. The number of thiol groups is 1. The van der Waals surface area contributed by atoms with E-state index >= 15 is 0 Å². The number of aromatic carboxylic acids is 1. The fraction of sp³-hybridized carbons (Fsp3) is 0.200. The Balaban J connectivity index is 2.91. The third kappa shape index (κ3) is 3.38. The molecule has 0 spiro atoms. The van der Waals surface area contributed by atoms with E-state index in [0.29, 0.717) is 9.32 Å². The number of hydrogen-bond donors (Lipinski definition) is 1. The van der Waals surface area contributed by atoms with Crippen LogP contribution in [0.3, 0.4) is 0 Å². The summed E-state index contributed by atoms with van der Waals surface area (Å²) in [5.74, 6) is -1.43. The molecule has 86 valence electrons. The zero-order valence-electron chi connectivity index (χ0n) is 8.27. The summed E-state index contributed by atoms with van der Waals surface area (Å²) in [4.78, 5) is 21.8. The summed E-state index contributed by atoms with van der Waals surface area (Å²) in [5.41, 5.74) is 0.0446. The van der Waals surface area contributed by atoms with Crippen LogP contribution in [0.5, 0.6) is 5.75 Å². The highest BCUT2D eigenvalue weighted by Crippen LogP contribution is 2.22. The molecule has 0 aliphatic heterocycles. The van der Waals surface area contributed by atoms with Crippen LogP contribution in [0.1, 0.15) is 17.3 Å². The lowest BCUT2D eigenvalue weighted by Crippen LogP contribution is -2.22. The fourth-order valence-electron chi connectivity index (χ4n) is 0.904. The molecule has 0 amide bonds. The lowest BCUT2D eigenvalue weighted by molar-refractivity contribution is -0.255. The molecule has 4 nitrogen and oxygen atoms in total. The quantitative estimate of drug-likeness (QED) is 0.380. The van der Waals surface area contributed by atoms with Crippen molar-refractivity contribution in [2.75, 3.05) is 0 Å². The molecule has 16 heavy (non-hydrogen) atoms. The first-order valence-corrected chi connectivity index (χ1v) is 5.92. The van der Waals surface area contributed by atoms with E-state index in [9.17, 15) is 14.7 Å².